The average molecular weight is 382 g/mol. The van der Waals surface area contributed by atoms with E-state index in [1.54, 1.807) is 20.3 Å². The van der Waals surface area contributed by atoms with E-state index in [0.717, 1.165) is 16.8 Å². The highest BCUT2D eigenvalue weighted by Crippen LogP contribution is 2.41. The number of rotatable bonds is 7. The smallest absolute Gasteiger partial charge is 0.303 e. The maximum atomic E-state index is 12.7. The van der Waals surface area contributed by atoms with Crippen molar-refractivity contribution < 1.29 is 24.2 Å². The number of carbonyl (C=O) groups is 2. The molecule has 0 spiro atoms. The Labute approximate surface area is 163 Å². The van der Waals surface area contributed by atoms with Gasteiger partial charge >= 0.3 is 5.97 Å². The number of ether oxygens (including phenoxy) is 2. The van der Waals surface area contributed by atoms with Crippen LogP contribution in [0.25, 0.3) is 0 Å². The zero-order valence-corrected chi connectivity index (χ0v) is 15.8. The van der Waals surface area contributed by atoms with Gasteiger partial charge in [0.25, 0.3) is 0 Å². The van der Waals surface area contributed by atoms with Crippen LogP contribution >= 0.6 is 0 Å². The second kappa shape index (κ2) is 8.56. The molecule has 28 heavy (non-hydrogen) atoms. The number of hydrazone groups is 1. The van der Waals surface area contributed by atoms with Crippen molar-refractivity contribution in [1.29, 1.82) is 0 Å². The molecule has 0 unspecified atom stereocenters. The molecular formula is C21H22N2O5. The maximum absolute atomic E-state index is 12.7. The first-order valence-corrected chi connectivity index (χ1v) is 8.92. The average Bonchev–Trinajstić information content (AvgIpc) is 3.17. The third-order valence-corrected chi connectivity index (χ3v) is 4.62. The highest BCUT2D eigenvalue weighted by atomic mass is 16.5. The van der Waals surface area contributed by atoms with Gasteiger partial charge in [0.15, 0.2) is 11.5 Å². The van der Waals surface area contributed by atoms with Crippen molar-refractivity contribution in [3.05, 3.63) is 59.7 Å². The molecule has 146 valence electrons. The Bertz CT molecular complexity index is 895. The lowest BCUT2D eigenvalue weighted by Crippen LogP contribution is -2.27. The molecule has 2 aromatic carbocycles. The fourth-order valence-corrected chi connectivity index (χ4v) is 3.29. The van der Waals surface area contributed by atoms with Crippen LogP contribution in [0.15, 0.2) is 53.6 Å². The fourth-order valence-electron chi connectivity index (χ4n) is 3.29. The Hall–Kier alpha value is -3.35. The van der Waals surface area contributed by atoms with Crippen molar-refractivity contribution in [2.75, 3.05) is 14.2 Å². The largest absolute Gasteiger partial charge is 0.493 e. The molecule has 7 heteroatoms. The summed E-state index contributed by atoms with van der Waals surface area (Å²) >= 11 is 0. The van der Waals surface area contributed by atoms with Gasteiger partial charge in [0.2, 0.25) is 5.91 Å². The van der Waals surface area contributed by atoms with Gasteiger partial charge in [-0.1, -0.05) is 42.5 Å². The standard InChI is InChI=1S/C21H22N2O5/c1-27-18-10-6-9-15(21(18)28-2)17-13-16(14-7-4-3-5-8-14)22-23(17)19(24)11-12-20(25)26/h3-10,17H,11-13H2,1-2H3,(H,25,26)/t17-/m0/s1. The zero-order valence-electron chi connectivity index (χ0n) is 15.8. The third kappa shape index (κ3) is 3.98. The minimum absolute atomic E-state index is 0.121. The van der Waals surface area contributed by atoms with E-state index in [-0.39, 0.29) is 18.7 Å². The number of carbonyl (C=O) groups excluding carboxylic acids is 1. The molecule has 0 radical (unpaired) electrons. The third-order valence-electron chi connectivity index (χ3n) is 4.62. The molecule has 2 aromatic rings. The minimum atomic E-state index is -1.02. The summed E-state index contributed by atoms with van der Waals surface area (Å²) in [5, 5.41) is 14.8. The SMILES string of the molecule is COc1cccc([C@@H]2CC(c3ccccc3)=NN2C(=O)CCC(=O)O)c1OC. The number of benzene rings is 2. The number of carboxylic acid groups (broad SMARTS) is 1. The number of para-hydroxylation sites is 1. The van der Waals surface area contributed by atoms with Crippen molar-refractivity contribution in [2.24, 2.45) is 5.10 Å². The summed E-state index contributed by atoms with van der Waals surface area (Å²) in [6.07, 6.45) is 0.129. The molecule has 0 fully saturated rings. The van der Waals surface area contributed by atoms with Gasteiger partial charge in [-0.05, 0) is 11.6 Å². The van der Waals surface area contributed by atoms with Crippen LogP contribution in [0.3, 0.4) is 0 Å². The van der Waals surface area contributed by atoms with Gasteiger partial charge in [-0.15, -0.1) is 0 Å². The molecule has 0 aliphatic carbocycles. The number of hydrogen-bond acceptors (Lipinski definition) is 5. The van der Waals surface area contributed by atoms with Crippen molar-refractivity contribution in [2.45, 2.75) is 25.3 Å². The van der Waals surface area contributed by atoms with E-state index in [9.17, 15) is 9.59 Å². The number of methoxy groups -OCH3 is 2. The molecule has 7 nitrogen and oxygen atoms in total. The lowest BCUT2D eigenvalue weighted by atomic mass is 9.97. The molecule has 1 aliphatic heterocycles. The van der Waals surface area contributed by atoms with E-state index < -0.39 is 12.0 Å². The van der Waals surface area contributed by atoms with Crippen molar-refractivity contribution in [3.8, 4) is 11.5 Å². The van der Waals surface area contributed by atoms with E-state index in [2.05, 4.69) is 5.10 Å². The van der Waals surface area contributed by atoms with Crippen LogP contribution in [0, 0.1) is 0 Å². The van der Waals surface area contributed by atoms with Crippen LogP contribution in [-0.4, -0.2) is 41.9 Å². The summed E-state index contributed by atoms with van der Waals surface area (Å²) in [7, 11) is 3.10. The quantitative estimate of drug-likeness (QED) is 0.794. The van der Waals surface area contributed by atoms with Crippen LogP contribution in [0.5, 0.6) is 11.5 Å². The Balaban J connectivity index is 1.99. The van der Waals surface area contributed by atoms with E-state index in [1.165, 1.54) is 5.01 Å². The van der Waals surface area contributed by atoms with Crippen molar-refractivity contribution in [3.63, 3.8) is 0 Å². The molecular weight excluding hydrogens is 360 g/mol. The first kappa shape index (κ1) is 19.4. The first-order chi connectivity index (χ1) is 13.5. The molecule has 0 aromatic heterocycles. The van der Waals surface area contributed by atoms with E-state index >= 15 is 0 Å². The lowest BCUT2D eigenvalue weighted by Gasteiger charge is -2.24. The number of nitrogens with zero attached hydrogens (tertiary/aromatic N) is 2. The molecule has 1 N–H and O–H groups in total. The van der Waals surface area contributed by atoms with Crippen molar-refractivity contribution in [1.82, 2.24) is 5.01 Å². The number of hydrogen-bond donors (Lipinski definition) is 1. The van der Waals surface area contributed by atoms with E-state index in [4.69, 9.17) is 14.6 Å². The van der Waals surface area contributed by atoms with Gasteiger partial charge in [-0.2, -0.15) is 5.10 Å². The summed E-state index contributed by atoms with van der Waals surface area (Å²) < 4.78 is 10.9. The molecule has 1 atom stereocenters. The summed E-state index contributed by atoms with van der Waals surface area (Å²) in [4.78, 5) is 23.6. The van der Waals surface area contributed by atoms with E-state index in [0.29, 0.717) is 17.9 Å². The van der Waals surface area contributed by atoms with Crippen LogP contribution in [-0.2, 0) is 9.59 Å². The Morgan fingerprint density at radius 3 is 2.46 bits per heavy atom. The second-order valence-electron chi connectivity index (χ2n) is 6.35. The van der Waals surface area contributed by atoms with Gasteiger partial charge in [-0.25, -0.2) is 5.01 Å². The maximum Gasteiger partial charge on any atom is 0.303 e. The van der Waals surface area contributed by atoms with Gasteiger partial charge in [0.05, 0.1) is 32.4 Å². The molecule has 1 aliphatic rings. The number of amides is 1. The monoisotopic (exact) mass is 382 g/mol. The summed E-state index contributed by atoms with van der Waals surface area (Å²) in [6.45, 7) is 0. The zero-order chi connectivity index (χ0) is 20.1. The number of aliphatic carboxylic acids is 1. The molecule has 0 saturated heterocycles. The topological polar surface area (TPSA) is 88.4 Å². The molecule has 1 heterocycles. The minimum Gasteiger partial charge on any atom is -0.493 e. The normalized spacial score (nSPS) is 15.9. The van der Waals surface area contributed by atoms with Crippen LogP contribution in [0.1, 0.15) is 36.4 Å². The summed E-state index contributed by atoms with van der Waals surface area (Å²) in [6, 6.07) is 14.7. The highest BCUT2D eigenvalue weighted by Gasteiger charge is 2.35. The fraction of sp³-hybridized carbons (Fsp3) is 0.286. The van der Waals surface area contributed by atoms with Gasteiger partial charge < -0.3 is 14.6 Å². The Morgan fingerprint density at radius 1 is 1.07 bits per heavy atom. The van der Waals surface area contributed by atoms with E-state index in [1.807, 2.05) is 42.5 Å². The van der Waals surface area contributed by atoms with Crippen LogP contribution in [0.4, 0.5) is 0 Å². The summed E-state index contributed by atoms with van der Waals surface area (Å²) in [5.74, 6) is -0.264. The molecule has 3 rings (SSSR count). The van der Waals surface area contributed by atoms with Crippen LogP contribution < -0.4 is 9.47 Å². The predicted molar refractivity (Wildman–Crippen MR) is 104 cm³/mol. The number of carboxylic acids is 1. The molecule has 0 saturated carbocycles. The Morgan fingerprint density at radius 2 is 1.82 bits per heavy atom. The Kier molecular flexibility index (Phi) is 5.93. The van der Waals surface area contributed by atoms with Gasteiger partial charge in [0.1, 0.15) is 0 Å². The molecule has 0 bridgehead atoms. The van der Waals surface area contributed by atoms with Crippen LogP contribution in [0.2, 0.25) is 0 Å². The highest BCUT2D eigenvalue weighted by molar-refractivity contribution is 6.03. The second-order valence-corrected chi connectivity index (χ2v) is 6.35. The van der Waals surface area contributed by atoms with Gasteiger partial charge in [0, 0.05) is 18.4 Å². The molecule has 1 amide bonds. The summed E-state index contributed by atoms with van der Waals surface area (Å²) in [5.41, 5.74) is 2.45. The first-order valence-electron chi connectivity index (χ1n) is 8.92. The predicted octanol–water partition coefficient (Wildman–Crippen LogP) is 3.25. The van der Waals surface area contributed by atoms with Gasteiger partial charge in [-0.3, -0.25) is 9.59 Å². The lowest BCUT2D eigenvalue weighted by molar-refractivity contribution is -0.141. The van der Waals surface area contributed by atoms with Crippen molar-refractivity contribution >= 4 is 17.6 Å².